The van der Waals surface area contributed by atoms with Crippen LogP contribution >= 0.6 is 11.8 Å². The minimum atomic E-state index is 0.316. The first-order valence-electron chi connectivity index (χ1n) is 4.39. The Kier molecular flexibility index (Phi) is 5.38. The molecule has 0 aliphatic heterocycles. The van der Waals surface area contributed by atoms with E-state index in [-0.39, 0.29) is 0 Å². The molecule has 0 aromatic rings. The van der Waals surface area contributed by atoms with Crippen LogP contribution in [-0.2, 0) is 0 Å². The van der Waals surface area contributed by atoms with Gasteiger partial charge in [-0.05, 0) is 18.6 Å². The lowest BCUT2D eigenvalue weighted by Crippen LogP contribution is -2.10. The molecule has 0 heterocycles. The zero-order chi connectivity index (χ0) is 9.61. The molecule has 0 aromatic carbocycles. The van der Waals surface area contributed by atoms with E-state index in [1.165, 1.54) is 12.2 Å². The summed E-state index contributed by atoms with van der Waals surface area (Å²) >= 11 is 1.97. The number of rotatable bonds is 5. The third kappa shape index (κ3) is 9.82. The van der Waals surface area contributed by atoms with Gasteiger partial charge in [0, 0.05) is 11.2 Å². The highest BCUT2D eigenvalue weighted by Crippen LogP contribution is 2.24. The van der Waals surface area contributed by atoms with Gasteiger partial charge in [0.25, 0.3) is 0 Å². The molecule has 0 saturated carbocycles. The molecule has 0 unspecified atom stereocenters. The van der Waals surface area contributed by atoms with Gasteiger partial charge in [-0.15, -0.1) is 0 Å². The summed E-state index contributed by atoms with van der Waals surface area (Å²) in [6.07, 6.45) is 2.98. The van der Waals surface area contributed by atoms with Gasteiger partial charge >= 0.3 is 0 Å². The van der Waals surface area contributed by atoms with Gasteiger partial charge in [-0.2, -0.15) is 11.8 Å². The van der Waals surface area contributed by atoms with E-state index in [0.717, 1.165) is 12.8 Å². The van der Waals surface area contributed by atoms with E-state index in [4.69, 9.17) is 11.1 Å². The van der Waals surface area contributed by atoms with Crippen LogP contribution in [0.5, 0.6) is 0 Å². The van der Waals surface area contributed by atoms with Gasteiger partial charge in [0.05, 0.1) is 5.84 Å². The number of nitrogens with two attached hydrogens (primary N) is 1. The highest BCUT2D eigenvalue weighted by molar-refractivity contribution is 8.00. The maximum Gasteiger partial charge on any atom is 0.0905 e. The monoisotopic (exact) mass is 188 g/mol. The maximum atomic E-state index is 7.02. The van der Waals surface area contributed by atoms with Gasteiger partial charge in [-0.25, -0.2) is 0 Å². The van der Waals surface area contributed by atoms with E-state index in [1.54, 1.807) is 0 Å². The fraction of sp³-hybridized carbons (Fsp3) is 0.889. The van der Waals surface area contributed by atoms with Crippen LogP contribution in [0.2, 0.25) is 0 Å². The summed E-state index contributed by atoms with van der Waals surface area (Å²) in [5.41, 5.74) is 5.24. The Balaban J connectivity index is 3.17. The van der Waals surface area contributed by atoms with Crippen molar-refractivity contribution in [3.8, 4) is 0 Å². The lowest BCUT2D eigenvalue weighted by molar-refractivity contribution is 0.787. The van der Waals surface area contributed by atoms with E-state index in [9.17, 15) is 0 Å². The van der Waals surface area contributed by atoms with Gasteiger partial charge in [0.15, 0.2) is 0 Å². The van der Waals surface area contributed by atoms with Crippen LogP contribution in [0.25, 0.3) is 0 Å². The number of amidine groups is 1. The van der Waals surface area contributed by atoms with Gasteiger partial charge in [0.1, 0.15) is 0 Å². The van der Waals surface area contributed by atoms with E-state index in [1.807, 2.05) is 11.8 Å². The zero-order valence-electron chi connectivity index (χ0n) is 8.31. The van der Waals surface area contributed by atoms with Gasteiger partial charge in [0.2, 0.25) is 0 Å². The standard InChI is InChI=1S/C9H20N2S/c1-9(2,3)12-7-5-4-6-8(10)11/h4-7H2,1-3H3,(H3,10,11). The highest BCUT2D eigenvalue weighted by Gasteiger charge is 2.08. The van der Waals surface area contributed by atoms with Crippen molar-refractivity contribution >= 4 is 17.6 Å². The molecule has 0 aromatic heterocycles. The van der Waals surface area contributed by atoms with Crippen molar-refractivity contribution in [2.45, 2.75) is 44.8 Å². The van der Waals surface area contributed by atoms with Crippen molar-refractivity contribution < 1.29 is 0 Å². The molecule has 0 amide bonds. The van der Waals surface area contributed by atoms with Crippen molar-refractivity contribution in [3.63, 3.8) is 0 Å². The van der Waals surface area contributed by atoms with Gasteiger partial charge < -0.3 is 5.73 Å². The van der Waals surface area contributed by atoms with E-state index < -0.39 is 0 Å². The molecule has 0 bridgehead atoms. The number of nitrogens with one attached hydrogen (secondary N) is 1. The predicted molar refractivity (Wildman–Crippen MR) is 58.0 cm³/mol. The lowest BCUT2D eigenvalue weighted by Gasteiger charge is -2.16. The highest BCUT2D eigenvalue weighted by atomic mass is 32.2. The molecule has 72 valence electrons. The molecule has 12 heavy (non-hydrogen) atoms. The minimum absolute atomic E-state index is 0.316. The van der Waals surface area contributed by atoms with Crippen molar-refractivity contribution in [2.24, 2.45) is 5.73 Å². The molecule has 2 nitrogen and oxygen atoms in total. The Morgan fingerprint density at radius 2 is 1.92 bits per heavy atom. The second-order valence-corrected chi connectivity index (χ2v) is 5.86. The number of thioether (sulfide) groups is 1. The lowest BCUT2D eigenvalue weighted by atomic mass is 10.2. The first-order chi connectivity index (χ1) is 5.42. The van der Waals surface area contributed by atoms with Crippen LogP contribution in [0.15, 0.2) is 0 Å². The largest absolute Gasteiger partial charge is 0.388 e. The molecule has 0 spiro atoms. The quantitative estimate of drug-likeness (QED) is 0.396. The minimum Gasteiger partial charge on any atom is -0.388 e. The predicted octanol–water partition coefficient (Wildman–Crippen LogP) is 2.62. The Morgan fingerprint density at radius 1 is 1.33 bits per heavy atom. The van der Waals surface area contributed by atoms with Crippen LogP contribution in [-0.4, -0.2) is 16.3 Å². The zero-order valence-corrected chi connectivity index (χ0v) is 9.13. The second kappa shape index (κ2) is 5.46. The summed E-state index contributed by atoms with van der Waals surface area (Å²) in [7, 11) is 0. The molecular formula is C9H20N2S. The summed E-state index contributed by atoms with van der Waals surface area (Å²) in [4.78, 5) is 0. The van der Waals surface area contributed by atoms with Crippen molar-refractivity contribution in [1.82, 2.24) is 0 Å². The number of unbranched alkanes of at least 4 members (excludes halogenated alkanes) is 1. The first-order valence-corrected chi connectivity index (χ1v) is 5.37. The summed E-state index contributed by atoms with van der Waals surface area (Å²) < 4.78 is 0.371. The summed E-state index contributed by atoms with van der Waals surface area (Å²) in [5, 5.41) is 7.02. The average molecular weight is 188 g/mol. The third-order valence-corrected chi connectivity index (χ3v) is 2.73. The van der Waals surface area contributed by atoms with Crippen LogP contribution in [0.3, 0.4) is 0 Å². The Labute approximate surface area is 79.8 Å². The average Bonchev–Trinajstić information content (AvgIpc) is 1.83. The van der Waals surface area contributed by atoms with E-state index >= 15 is 0 Å². The van der Waals surface area contributed by atoms with E-state index in [0.29, 0.717) is 10.6 Å². The summed E-state index contributed by atoms with van der Waals surface area (Å²) in [5.74, 6) is 1.49. The molecule has 0 saturated heterocycles. The SMILES string of the molecule is CC(C)(C)SCCCCC(=N)N. The molecular weight excluding hydrogens is 168 g/mol. The topological polar surface area (TPSA) is 49.9 Å². The van der Waals surface area contributed by atoms with Crippen LogP contribution < -0.4 is 5.73 Å². The Hall–Kier alpha value is -0.180. The van der Waals surface area contributed by atoms with Crippen LogP contribution in [0.4, 0.5) is 0 Å². The molecule has 0 radical (unpaired) electrons. The molecule has 3 N–H and O–H groups in total. The molecule has 3 heteroatoms. The molecule has 0 atom stereocenters. The normalized spacial score (nSPS) is 11.6. The molecule has 0 aliphatic carbocycles. The van der Waals surface area contributed by atoms with Crippen LogP contribution in [0.1, 0.15) is 40.0 Å². The van der Waals surface area contributed by atoms with Gasteiger partial charge in [-0.3, -0.25) is 5.41 Å². The third-order valence-electron chi connectivity index (χ3n) is 1.38. The molecule has 0 rings (SSSR count). The first kappa shape index (κ1) is 11.8. The van der Waals surface area contributed by atoms with Crippen molar-refractivity contribution in [1.29, 1.82) is 5.41 Å². The van der Waals surface area contributed by atoms with Gasteiger partial charge in [-0.1, -0.05) is 20.8 Å². The smallest absolute Gasteiger partial charge is 0.0905 e. The van der Waals surface area contributed by atoms with Crippen molar-refractivity contribution in [3.05, 3.63) is 0 Å². The fourth-order valence-electron chi connectivity index (χ4n) is 0.796. The summed E-state index contributed by atoms with van der Waals surface area (Å²) in [6, 6.07) is 0. The molecule has 0 fully saturated rings. The number of hydrogen-bond donors (Lipinski definition) is 2. The van der Waals surface area contributed by atoms with Crippen LogP contribution in [0, 0.1) is 5.41 Å². The second-order valence-electron chi connectivity index (χ2n) is 3.94. The van der Waals surface area contributed by atoms with Crippen molar-refractivity contribution in [2.75, 3.05) is 5.75 Å². The Bertz CT molecular complexity index is 138. The Morgan fingerprint density at radius 3 is 2.33 bits per heavy atom. The fourth-order valence-corrected chi connectivity index (χ4v) is 1.76. The maximum absolute atomic E-state index is 7.02. The number of hydrogen-bond acceptors (Lipinski definition) is 2. The molecule has 0 aliphatic rings. The summed E-state index contributed by atoms with van der Waals surface area (Å²) in [6.45, 7) is 6.67. The van der Waals surface area contributed by atoms with E-state index in [2.05, 4.69) is 20.8 Å².